The molecule has 1 unspecified atom stereocenters. The van der Waals surface area contributed by atoms with Gasteiger partial charge in [-0.3, -0.25) is 4.90 Å². The summed E-state index contributed by atoms with van der Waals surface area (Å²) < 4.78 is 0. The first kappa shape index (κ1) is 14.9. The Morgan fingerprint density at radius 3 is 2.47 bits per heavy atom. The lowest BCUT2D eigenvalue weighted by Gasteiger charge is -2.33. The first-order valence-corrected chi connectivity index (χ1v) is 7.48. The second kappa shape index (κ2) is 8.90. The van der Waals surface area contributed by atoms with Gasteiger partial charge in [0.2, 0.25) is 0 Å². The minimum Gasteiger partial charge on any atom is -0.329 e. The normalized spacial score (nSPS) is 22.9. The number of nitrogens with two attached hydrogens (primary N) is 1. The van der Waals surface area contributed by atoms with Crippen molar-refractivity contribution in [1.29, 1.82) is 0 Å². The molecule has 1 aliphatic heterocycles. The van der Waals surface area contributed by atoms with E-state index in [-0.39, 0.29) is 0 Å². The maximum absolute atomic E-state index is 5.69. The van der Waals surface area contributed by atoms with Crippen LogP contribution >= 0.6 is 0 Å². The Kier molecular flexibility index (Phi) is 7.82. The molecule has 1 fully saturated rings. The van der Waals surface area contributed by atoms with Crippen LogP contribution in [0.15, 0.2) is 0 Å². The second-order valence-corrected chi connectivity index (χ2v) is 5.27. The Bertz CT molecular complexity index is 178. The van der Waals surface area contributed by atoms with E-state index in [9.17, 15) is 0 Å². The number of hydrogen-bond donors (Lipinski definition) is 1. The molecule has 0 aromatic carbocycles. The van der Waals surface area contributed by atoms with Gasteiger partial charge in [0.05, 0.1) is 0 Å². The molecule has 1 heterocycles. The fraction of sp³-hybridized carbons (Fsp3) is 1.00. The summed E-state index contributed by atoms with van der Waals surface area (Å²) in [5, 5.41) is 0. The van der Waals surface area contributed by atoms with Crippen LogP contribution in [0, 0.1) is 0 Å². The quantitative estimate of drug-likeness (QED) is 0.739. The Balaban J connectivity index is 2.51. The molecule has 1 rings (SSSR count). The maximum Gasteiger partial charge on any atom is 0.0223 e. The minimum absolute atomic E-state index is 0.768. The van der Waals surface area contributed by atoms with Gasteiger partial charge in [0.25, 0.3) is 0 Å². The lowest BCUT2D eigenvalue weighted by Crippen LogP contribution is -2.44. The van der Waals surface area contributed by atoms with Crippen molar-refractivity contribution >= 4 is 0 Å². The van der Waals surface area contributed by atoms with Crippen molar-refractivity contribution in [2.24, 2.45) is 5.73 Å². The van der Waals surface area contributed by atoms with Gasteiger partial charge >= 0.3 is 0 Å². The smallest absolute Gasteiger partial charge is 0.0223 e. The molecule has 3 nitrogen and oxygen atoms in total. The first-order chi connectivity index (χ1) is 8.31. The van der Waals surface area contributed by atoms with Crippen molar-refractivity contribution in [3.05, 3.63) is 0 Å². The summed E-state index contributed by atoms with van der Waals surface area (Å²) in [5.41, 5.74) is 5.69. The monoisotopic (exact) mass is 241 g/mol. The number of rotatable bonds is 7. The summed E-state index contributed by atoms with van der Waals surface area (Å²) in [4.78, 5) is 5.27. The van der Waals surface area contributed by atoms with Crippen LogP contribution in [0.2, 0.25) is 0 Å². The molecule has 0 aliphatic carbocycles. The predicted molar refractivity (Wildman–Crippen MR) is 75.3 cm³/mol. The van der Waals surface area contributed by atoms with Crippen LogP contribution in [-0.4, -0.2) is 55.1 Å². The third kappa shape index (κ3) is 5.36. The van der Waals surface area contributed by atoms with Crippen molar-refractivity contribution in [2.75, 3.05) is 39.3 Å². The molecule has 2 N–H and O–H groups in total. The maximum atomic E-state index is 5.69. The summed E-state index contributed by atoms with van der Waals surface area (Å²) >= 11 is 0. The summed E-state index contributed by atoms with van der Waals surface area (Å²) in [6.07, 6.45) is 6.65. The van der Waals surface area contributed by atoms with Crippen LogP contribution in [-0.2, 0) is 0 Å². The van der Waals surface area contributed by atoms with Crippen LogP contribution < -0.4 is 5.73 Å². The molecule has 0 amide bonds. The number of hydrogen-bond acceptors (Lipinski definition) is 3. The number of nitrogens with zero attached hydrogens (tertiary/aromatic N) is 2. The molecule has 0 radical (unpaired) electrons. The molecule has 0 saturated carbocycles. The van der Waals surface area contributed by atoms with Crippen molar-refractivity contribution in [1.82, 2.24) is 9.80 Å². The van der Waals surface area contributed by atoms with E-state index in [1.54, 1.807) is 0 Å². The van der Waals surface area contributed by atoms with Gasteiger partial charge in [-0.25, -0.2) is 0 Å². The van der Waals surface area contributed by atoms with Crippen LogP contribution in [0.3, 0.4) is 0 Å². The zero-order valence-electron chi connectivity index (χ0n) is 11.8. The Morgan fingerprint density at radius 2 is 1.88 bits per heavy atom. The molecule has 1 saturated heterocycles. The highest BCUT2D eigenvalue weighted by molar-refractivity contribution is 4.79. The van der Waals surface area contributed by atoms with Crippen molar-refractivity contribution in [2.45, 2.75) is 52.0 Å². The van der Waals surface area contributed by atoms with Gasteiger partial charge in [-0.2, -0.15) is 0 Å². The van der Waals surface area contributed by atoms with Gasteiger partial charge in [-0.1, -0.05) is 20.3 Å². The average molecular weight is 241 g/mol. The standard InChI is InChI=1S/C14H31N3/c1-3-9-17(10-4-2)14-7-5-6-11-16(13-14)12-8-15/h14H,3-13,15H2,1-2H3. The molecule has 0 bridgehead atoms. The zero-order valence-corrected chi connectivity index (χ0v) is 11.8. The molecule has 0 aromatic heterocycles. The zero-order chi connectivity index (χ0) is 12.5. The van der Waals surface area contributed by atoms with Crippen molar-refractivity contribution in [3.63, 3.8) is 0 Å². The minimum atomic E-state index is 0.768. The highest BCUT2D eigenvalue weighted by Crippen LogP contribution is 2.16. The fourth-order valence-corrected chi connectivity index (χ4v) is 2.93. The number of likely N-dealkylation sites (tertiary alicyclic amines) is 1. The molecule has 1 aliphatic rings. The Hall–Kier alpha value is -0.120. The average Bonchev–Trinajstić information content (AvgIpc) is 2.55. The van der Waals surface area contributed by atoms with E-state index in [1.165, 1.54) is 58.3 Å². The van der Waals surface area contributed by atoms with Gasteiger partial charge in [-0.05, 0) is 45.3 Å². The van der Waals surface area contributed by atoms with Crippen molar-refractivity contribution < 1.29 is 0 Å². The molecule has 3 heteroatoms. The van der Waals surface area contributed by atoms with E-state index >= 15 is 0 Å². The molecular formula is C14H31N3. The first-order valence-electron chi connectivity index (χ1n) is 7.48. The van der Waals surface area contributed by atoms with Crippen LogP contribution in [0.1, 0.15) is 46.0 Å². The summed E-state index contributed by atoms with van der Waals surface area (Å²) in [5.74, 6) is 0. The highest BCUT2D eigenvalue weighted by atomic mass is 15.2. The molecule has 102 valence electrons. The third-order valence-electron chi connectivity index (χ3n) is 3.71. The van der Waals surface area contributed by atoms with E-state index in [2.05, 4.69) is 23.6 Å². The van der Waals surface area contributed by atoms with E-state index in [0.29, 0.717) is 0 Å². The summed E-state index contributed by atoms with van der Waals surface area (Å²) in [6.45, 7) is 11.5. The Morgan fingerprint density at radius 1 is 1.18 bits per heavy atom. The lowest BCUT2D eigenvalue weighted by atomic mass is 10.1. The van der Waals surface area contributed by atoms with Crippen LogP contribution in [0.25, 0.3) is 0 Å². The fourth-order valence-electron chi connectivity index (χ4n) is 2.93. The predicted octanol–water partition coefficient (Wildman–Crippen LogP) is 1.92. The SMILES string of the molecule is CCCN(CCC)C1CCCCN(CCN)C1. The molecular weight excluding hydrogens is 210 g/mol. The van der Waals surface area contributed by atoms with Gasteiger partial charge in [0.15, 0.2) is 0 Å². The largest absolute Gasteiger partial charge is 0.329 e. The summed E-state index contributed by atoms with van der Waals surface area (Å²) in [7, 11) is 0. The topological polar surface area (TPSA) is 32.5 Å². The highest BCUT2D eigenvalue weighted by Gasteiger charge is 2.22. The molecule has 17 heavy (non-hydrogen) atoms. The molecule has 0 aromatic rings. The van der Waals surface area contributed by atoms with Gasteiger partial charge in [-0.15, -0.1) is 0 Å². The van der Waals surface area contributed by atoms with E-state index in [0.717, 1.165) is 19.1 Å². The van der Waals surface area contributed by atoms with Crippen molar-refractivity contribution in [3.8, 4) is 0 Å². The van der Waals surface area contributed by atoms with Crippen LogP contribution in [0.4, 0.5) is 0 Å². The molecule has 1 atom stereocenters. The van der Waals surface area contributed by atoms with E-state index in [1.807, 2.05) is 0 Å². The van der Waals surface area contributed by atoms with Crippen LogP contribution in [0.5, 0.6) is 0 Å². The van der Waals surface area contributed by atoms with Gasteiger partial charge < -0.3 is 10.6 Å². The van der Waals surface area contributed by atoms with Gasteiger partial charge in [0, 0.05) is 25.7 Å². The Labute approximate surface area is 107 Å². The summed E-state index contributed by atoms with van der Waals surface area (Å²) in [6, 6.07) is 0.768. The van der Waals surface area contributed by atoms with E-state index < -0.39 is 0 Å². The van der Waals surface area contributed by atoms with Gasteiger partial charge in [0.1, 0.15) is 0 Å². The van der Waals surface area contributed by atoms with E-state index in [4.69, 9.17) is 5.73 Å². The lowest BCUT2D eigenvalue weighted by molar-refractivity contribution is 0.146. The molecule has 0 spiro atoms. The third-order valence-corrected chi connectivity index (χ3v) is 3.71. The second-order valence-electron chi connectivity index (χ2n) is 5.27.